The van der Waals surface area contributed by atoms with Crippen LogP contribution in [0.5, 0.6) is 0 Å². The summed E-state index contributed by atoms with van der Waals surface area (Å²) in [6.45, 7) is 0. The van der Waals surface area contributed by atoms with E-state index >= 15 is 0 Å². The van der Waals surface area contributed by atoms with Gasteiger partial charge in [0.1, 0.15) is 5.82 Å². The van der Waals surface area contributed by atoms with Crippen LogP contribution in [0.4, 0.5) is 4.39 Å². The third-order valence-electron chi connectivity index (χ3n) is 1.55. The molecule has 2 rings (SSSR count). The molecule has 0 atom stereocenters. The minimum atomic E-state index is -0.496. The first kappa shape index (κ1) is 8.19. The van der Waals surface area contributed by atoms with E-state index in [2.05, 4.69) is 14.7 Å². The molecule has 0 aliphatic heterocycles. The van der Waals surface area contributed by atoms with E-state index in [0.717, 1.165) is 6.39 Å². The molecule has 1 aromatic carbocycles. The molecule has 0 amide bonds. The molecule has 1 heterocycles. The Labute approximate surface area is 78.1 Å². The number of hydrogen-bond acceptors (Lipinski definition) is 3. The first-order valence-corrected chi connectivity index (χ1v) is 3.87. The van der Waals surface area contributed by atoms with Crippen LogP contribution in [0.3, 0.4) is 0 Å². The summed E-state index contributed by atoms with van der Waals surface area (Å²) in [7, 11) is 0. The molecule has 0 unspecified atom stereocenters. The lowest BCUT2D eigenvalue weighted by molar-refractivity contribution is 0.418. The van der Waals surface area contributed by atoms with Gasteiger partial charge in [0, 0.05) is 5.56 Å². The highest BCUT2D eigenvalue weighted by molar-refractivity contribution is 6.33. The van der Waals surface area contributed by atoms with Crippen molar-refractivity contribution >= 4 is 11.6 Å². The first-order valence-electron chi connectivity index (χ1n) is 3.50. The van der Waals surface area contributed by atoms with Gasteiger partial charge in [-0.05, 0) is 12.1 Å². The summed E-state index contributed by atoms with van der Waals surface area (Å²) < 4.78 is 17.5. The summed E-state index contributed by atoms with van der Waals surface area (Å²) in [6, 6.07) is 4.43. The van der Waals surface area contributed by atoms with E-state index in [9.17, 15) is 4.39 Å². The second-order valence-electron chi connectivity index (χ2n) is 2.36. The van der Waals surface area contributed by atoms with Crippen molar-refractivity contribution in [3.8, 4) is 11.4 Å². The highest BCUT2D eigenvalue weighted by Gasteiger charge is 2.10. The van der Waals surface area contributed by atoms with Gasteiger partial charge in [0.15, 0.2) is 0 Å². The average Bonchev–Trinajstić information content (AvgIpc) is 2.62. The first-order chi connectivity index (χ1) is 6.29. The molecule has 0 fully saturated rings. The minimum Gasteiger partial charge on any atom is -0.342 e. The maximum absolute atomic E-state index is 13.0. The lowest BCUT2D eigenvalue weighted by Crippen LogP contribution is -1.84. The third-order valence-corrected chi connectivity index (χ3v) is 1.94. The summed E-state index contributed by atoms with van der Waals surface area (Å²) in [5, 5.41) is 3.55. The van der Waals surface area contributed by atoms with Gasteiger partial charge in [-0.3, -0.25) is 0 Å². The van der Waals surface area contributed by atoms with Crippen LogP contribution in [0, 0.1) is 5.82 Å². The Hall–Kier alpha value is -1.42. The zero-order valence-corrected chi connectivity index (χ0v) is 7.12. The smallest absolute Gasteiger partial charge is 0.214 e. The molecular weight excluding hydrogens is 195 g/mol. The van der Waals surface area contributed by atoms with Gasteiger partial charge in [-0.25, -0.2) is 4.39 Å². The normalized spacial score (nSPS) is 10.3. The molecular formula is C8H4ClFN2O. The maximum Gasteiger partial charge on any atom is 0.214 e. The van der Waals surface area contributed by atoms with E-state index in [1.807, 2.05) is 0 Å². The van der Waals surface area contributed by atoms with Crippen molar-refractivity contribution in [2.24, 2.45) is 0 Å². The van der Waals surface area contributed by atoms with Crippen molar-refractivity contribution in [1.29, 1.82) is 0 Å². The number of aromatic nitrogens is 2. The van der Waals surface area contributed by atoms with Gasteiger partial charge < -0.3 is 4.52 Å². The molecule has 0 radical (unpaired) electrons. The second kappa shape index (κ2) is 3.14. The Balaban J connectivity index is 2.59. The van der Waals surface area contributed by atoms with Crippen molar-refractivity contribution < 1.29 is 8.91 Å². The van der Waals surface area contributed by atoms with E-state index in [1.54, 1.807) is 6.07 Å². The lowest BCUT2D eigenvalue weighted by atomic mass is 10.2. The molecule has 2 aromatic rings. The largest absolute Gasteiger partial charge is 0.342 e. The standard InChI is InChI=1S/C8H4ClFN2O/c9-7-5(2-1-3-6(7)10)8-11-4-13-12-8/h1-4H. The topological polar surface area (TPSA) is 38.9 Å². The fourth-order valence-corrected chi connectivity index (χ4v) is 1.18. The summed E-state index contributed by atoms with van der Waals surface area (Å²) in [5.41, 5.74) is 0.426. The number of rotatable bonds is 1. The van der Waals surface area contributed by atoms with Crippen molar-refractivity contribution in [1.82, 2.24) is 10.1 Å². The number of halogens is 2. The SMILES string of the molecule is Fc1cccc(-c2ncon2)c1Cl. The van der Waals surface area contributed by atoms with E-state index in [4.69, 9.17) is 11.6 Å². The zero-order chi connectivity index (χ0) is 9.26. The lowest BCUT2D eigenvalue weighted by Gasteiger charge is -1.98. The fraction of sp³-hybridized carbons (Fsp3) is 0. The van der Waals surface area contributed by atoms with Crippen LogP contribution in [0.1, 0.15) is 0 Å². The second-order valence-corrected chi connectivity index (χ2v) is 2.73. The summed E-state index contributed by atoms with van der Waals surface area (Å²) in [6.07, 6.45) is 1.16. The molecule has 0 spiro atoms. The summed E-state index contributed by atoms with van der Waals surface area (Å²) in [4.78, 5) is 3.76. The third kappa shape index (κ3) is 1.40. The van der Waals surface area contributed by atoms with Gasteiger partial charge in [-0.1, -0.05) is 22.8 Å². The average molecular weight is 199 g/mol. The van der Waals surface area contributed by atoms with Crippen LogP contribution in [-0.4, -0.2) is 10.1 Å². The van der Waals surface area contributed by atoms with Crippen molar-refractivity contribution in [2.75, 3.05) is 0 Å². The Morgan fingerprint density at radius 2 is 2.23 bits per heavy atom. The van der Waals surface area contributed by atoms with Gasteiger partial charge in [-0.15, -0.1) is 0 Å². The van der Waals surface area contributed by atoms with E-state index in [1.165, 1.54) is 12.1 Å². The number of benzene rings is 1. The van der Waals surface area contributed by atoms with E-state index in [-0.39, 0.29) is 10.8 Å². The Morgan fingerprint density at radius 1 is 1.38 bits per heavy atom. The van der Waals surface area contributed by atoms with Gasteiger partial charge >= 0.3 is 0 Å². The molecule has 0 aliphatic rings. The molecule has 5 heteroatoms. The van der Waals surface area contributed by atoms with Crippen LogP contribution < -0.4 is 0 Å². The van der Waals surface area contributed by atoms with Crippen molar-refractivity contribution in [3.05, 3.63) is 35.4 Å². The summed E-state index contributed by atoms with van der Waals surface area (Å²) in [5.74, 6) is -0.214. The zero-order valence-electron chi connectivity index (χ0n) is 6.37. The number of nitrogens with zero attached hydrogens (tertiary/aromatic N) is 2. The Morgan fingerprint density at radius 3 is 2.92 bits per heavy atom. The molecule has 0 aliphatic carbocycles. The monoisotopic (exact) mass is 198 g/mol. The van der Waals surface area contributed by atoms with E-state index < -0.39 is 5.82 Å². The molecule has 0 saturated heterocycles. The molecule has 66 valence electrons. The van der Waals surface area contributed by atoms with E-state index in [0.29, 0.717) is 5.56 Å². The molecule has 0 N–H and O–H groups in total. The van der Waals surface area contributed by atoms with Crippen molar-refractivity contribution in [2.45, 2.75) is 0 Å². The predicted molar refractivity (Wildman–Crippen MR) is 44.7 cm³/mol. The predicted octanol–water partition coefficient (Wildman–Crippen LogP) is 2.53. The quantitative estimate of drug-likeness (QED) is 0.707. The van der Waals surface area contributed by atoms with Gasteiger partial charge in [0.25, 0.3) is 0 Å². The van der Waals surface area contributed by atoms with Gasteiger partial charge in [-0.2, -0.15) is 4.98 Å². The molecule has 3 nitrogen and oxygen atoms in total. The van der Waals surface area contributed by atoms with Crippen LogP contribution in [0.25, 0.3) is 11.4 Å². The van der Waals surface area contributed by atoms with Gasteiger partial charge in [0.05, 0.1) is 5.02 Å². The Kier molecular flexibility index (Phi) is 1.98. The number of hydrogen-bond donors (Lipinski definition) is 0. The fourth-order valence-electron chi connectivity index (χ4n) is 0.966. The highest BCUT2D eigenvalue weighted by Crippen LogP contribution is 2.26. The minimum absolute atomic E-state index is 0.00361. The highest BCUT2D eigenvalue weighted by atomic mass is 35.5. The summed E-state index contributed by atoms with van der Waals surface area (Å²) >= 11 is 5.69. The molecule has 0 saturated carbocycles. The molecule has 0 bridgehead atoms. The molecule has 13 heavy (non-hydrogen) atoms. The van der Waals surface area contributed by atoms with Crippen molar-refractivity contribution in [3.63, 3.8) is 0 Å². The van der Waals surface area contributed by atoms with Crippen LogP contribution in [0.15, 0.2) is 29.1 Å². The van der Waals surface area contributed by atoms with Gasteiger partial charge in [0.2, 0.25) is 12.2 Å². The van der Waals surface area contributed by atoms with Crippen LogP contribution >= 0.6 is 11.6 Å². The Bertz CT molecular complexity index is 416. The van der Waals surface area contributed by atoms with Crippen LogP contribution in [-0.2, 0) is 0 Å². The maximum atomic E-state index is 13.0. The molecule has 1 aromatic heterocycles. The van der Waals surface area contributed by atoms with Crippen LogP contribution in [0.2, 0.25) is 5.02 Å².